The Kier molecular flexibility index (Phi) is 2.66. The first kappa shape index (κ1) is 9.28. The molecule has 0 heterocycles. The maximum atomic E-state index is 8.70. The van der Waals surface area contributed by atoms with Crippen molar-refractivity contribution < 1.29 is 0 Å². The Hall–Kier alpha value is -1.81. The van der Waals surface area contributed by atoms with Crippen molar-refractivity contribution in [3.05, 3.63) is 54.1 Å². The normalized spacial score (nSPS) is 8.92. The van der Waals surface area contributed by atoms with E-state index in [1.807, 2.05) is 19.1 Å². The predicted molar refractivity (Wildman–Crippen MR) is 55.1 cm³/mol. The minimum Gasteiger partial charge on any atom is -0.192 e. The number of benzene rings is 1. The topological polar surface area (TPSA) is 23.8 Å². The summed E-state index contributed by atoms with van der Waals surface area (Å²) in [7, 11) is 0. The number of nitrogens with zero attached hydrogens (tertiary/aromatic N) is 1. The van der Waals surface area contributed by atoms with Gasteiger partial charge >= 0.3 is 0 Å². The van der Waals surface area contributed by atoms with Crippen LogP contribution in [0.2, 0.25) is 0 Å². The number of allylic oxidation sites excluding steroid dienone is 2. The van der Waals surface area contributed by atoms with Crippen LogP contribution in [-0.2, 0) is 0 Å². The van der Waals surface area contributed by atoms with Gasteiger partial charge in [-0.2, -0.15) is 5.26 Å². The zero-order valence-electron chi connectivity index (χ0n) is 7.67. The lowest BCUT2D eigenvalue weighted by molar-refractivity contribution is 1.40. The molecule has 0 atom stereocenters. The molecule has 0 saturated heterocycles. The third kappa shape index (κ3) is 1.86. The standard InChI is InChI=1S/C12H11N/c1-4-9(2)12-7-11(8-13)6-5-10(12)3/h4-7H,1-2H2,3H3. The van der Waals surface area contributed by atoms with E-state index in [9.17, 15) is 0 Å². The van der Waals surface area contributed by atoms with Crippen molar-refractivity contribution in [1.82, 2.24) is 0 Å². The van der Waals surface area contributed by atoms with Gasteiger partial charge in [0.2, 0.25) is 0 Å². The molecule has 0 aliphatic heterocycles. The largest absolute Gasteiger partial charge is 0.192 e. The molecule has 0 saturated carbocycles. The molecule has 0 aliphatic rings. The maximum Gasteiger partial charge on any atom is 0.0991 e. The summed E-state index contributed by atoms with van der Waals surface area (Å²) in [6.45, 7) is 9.49. The minimum atomic E-state index is 0.656. The van der Waals surface area contributed by atoms with Crippen molar-refractivity contribution in [1.29, 1.82) is 5.26 Å². The van der Waals surface area contributed by atoms with Gasteiger partial charge in [0.05, 0.1) is 11.6 Å². The van der Waals surface area contributed by atoms with E-state index in [1.165, 1.54) is 0 Å². The fourth-order valence-electron chi connectivity index (χ4n) is 1.15. The summed E-state index contributed by atoms with van der Waals surface area (Å²) < 4.78 is 0. The van der Waals surface area contributed by atoms with Crippen LogP contribution in [0.4, 0.5) is 0 Å². The summed E-state index contributed by atoms with van der Waals surface area (Å²) in [5, 5.41) is 8.70. The van der Waals surface area contributed by atoms with Crippen LogP contribution in [0.5, 0.6) is 0 Å². The Bertz CT molecular complexity index is 394. The summed E-state index contributed by atoms with van der Waals surface area (Å²) >= 11 is 0. The van der Waals surface area contributed by atoms with E-state index < -0.39 is 0 Å². The molecule has 13 heavy (non-hydrogen) atoms. The first-order chi connectivity index (χ1) is 6.19. The molecule has 1 nitrogen and oxygen atoms in total. The molecule has 0 aromatic heterocycles. The SMILES string of the molecule is C=CC(=C)c1cc(C#N)ccc1C. The molecule has 0 unspecified atom stereocenters. The lowest BCUT2D eigenvalue weighted by Crippen LogP contribution is -1.86. The monoisotopic (exact) mass is 169 g/mol. The molecule has 0 N–H and O–H groups in total. The fraction of sp³-hybridized carbons (Fsp3) is 0.0833. The van der Waals surface area contributed by atoms with Gasteiger partial charge in [0, 0.05) is 0 Å². The summed E-state index contributed by atoms with van der Waals surface area (Å²) in [6, 6.07) is 7.65. The van der Waals surface area contributed by atoms with Crippen molar-refractivity contribution in [3.63, 3.8) is 0 Å². The van der Waals surface area contributed by atoms with Gasteiger partial charge in [0.1, 0.15) is 0 Å². The van der Waals surface area contributed by atoms with E-state index in [2.05, 4.69) is 19.2 Å². The molecule has 0 radical (unpaired) electrons. The summed E-state index contributed by atoms with van der Waals surface area (Å²) in [4.78, 5) is 0. The number of hydrogen-bond acceptors (Lipinski definition) is 1. The third-order valence-electron chi connectivity index (χ3n) is 1.96. The van der Waals surface area contributed by atoms with E-state index in [1.54, 1.807) is 12.1 Å². The number of nitriles is 1. The van der Waals surface area contributed by atoms with Gasteiger partial charge < -0.3 is 0 Å². The molecule has 64 valence electrons. The van der Waals surface area contributed by atoms with E-state index in [4.69, 9.17) is 5.26 Å². The quantitative estimate of drug-likeness (QED) is 0.624. The molecule has 1 heteroatoms. The zero-order valence-corrected chi connectivity index (χ0v) is 7.67. The number of rotatable bonds is 2. The van der Waals surface area contributed by atoms with Gasteiger partial charge in [-0.25, -0.2) is 0 Å². The van der Waals surface area contributed by atoms with E-state index >= 15 is 0 Å². The lowest BCUT2D eigenvalue weighted by Gasteiger charge is -2.04. The van der Waals surface area contributed by atoms with Gasteiger partial charge in [-0.3, -0.25) is 0 Å². The lowest BCUT2D eigenvalue weighted by atomic mass is 9.99. The summed E-state index contributed by atoms with van der Waals surface area (Å²) in [5.41, 5.74) is 3.62. The molecular formula is C12H11N. The van der Waals surface area contributed by atoms with Gasteiger partial charge in [-0.15, -0.1) is 0 Å². The Morgan fingerprint density at radius 1 is 1.54 bits per heavy atom. The highest BCUT2D eigenvalue weighted by Crippen LogP contribution is 2.19. The van der Waals surface area contributed by atoms with Crippen molar-refractivity contribution in [2.45, 2.75) is 6.92 Å². The van der Waals surface area contributed by atoms with Crippen LogP contribution >= 0.6 is 0 Å². The Morgan fingerprint density at radius 3 is 2.77 bits per heavy atom. The second kappa shape index (κ2) is 3.73. The van der Waals surface area contributed by atoms with Crippen LogP contribution in [0.15, 0.2) is 37.4 Å². The van der Waals surface area contributed by atoms with Crippen molar-refractivity contribution in [2.75, 3.05) is 0 Å². The summed E-state index contributed by atoms with van der Waals surface area (Å²) in [5.74, 6) is 0. The van der Waals surface area contributed by atoms with Crippen LogP contribution in [0.25, 0.3) is 5.57 Å². The molecule has 0 amide bonds. The molecule has 1 rings (SSSR count). The molecule has 0 spiro atoms. The fourth-order valence-corrected chi connectivity index (χ4v) is 1.15. The molecule has 1 aromatic rings. The first-order valence-electron chi connectivity index (χ1n) is 4.01. The van der Waals surface area contributed by atoms with Gasteiger partial charge in [-0.1, -0.05) is 25.3 Å². The third-order valence-corrected chi connectivity index (χ3v) is 1.96. The molecule has 0 fully saturated rings. The van der Waals surface area contributed by atoms with E-state index in [0.717, 1.165) is 16.7 Å². The van der Waals surface area contributed by atoms with E-state index in [0.29, 0.717) is 5.56 Å². The number of hydrogen-bond donors (Lipinski definition) is 0. The van der Waals surface area contributed by atoms with Crippen molar-refractivity contribution in [3.8, 4) is 6.07 Å². The van der Waals surface area contributed by atoms with Crippen LogP contribution in [0.1, 0.15) is 16.7 Å². The second-order valence-corrected chi connectivity index (χ2v) is 2.87. The predicted octanol–water partition coefficient (Wildman–Crippen LogP) is 3.07. The highest BCUT2D eigenvalue weighted by molar-refractivity contribution is 5.74. The molecular weight excluding hydrogens is 158 g/mol. The smallest absolute Gasteiger partial charge is 0.0991 e. The summed E-state index contributed by atoms with van der Waals surface area (Å²) in [6.07, 6.45) is 1.70. The molecule has 0 bridgehead atoms. The average Bonchev–Trinajstić information content (AvgIpc) is 2.17. The zero-order chi connectivity index (χ0) is 9.84. The van der Waals surface area contributed by atoms with Gasteiger partial charge in [-0.05, 0) is 35.8 Å². The maximum absolute atomic E-state index is 8.70. The van der Waals surface area contributed by atoms with Crippen LogP contribution in [0, 0.1) is 18.3 Å². The first-order valence-corrected chi connectivity index (χ1v) is 4.01. The van der Waals surface area contributed by atoms with Crippen LogP contribution in [0.3, 0.4) is 0 Å². The van der Waals surface area contributed by atoms with Crippen LogP contribution < -0.4 is 0 Å². The molecule has 1 aromatic carbocycles. The average molecular weight is 169 g/mol. The van der Waals surface area contributed by atoms with Crippen molar-refractivity contribution in [2.24, 2.45) is 0 Å². The Labute approximate surface area is 78.6 Å². The van der Waals surface area contributed by atoms with Crippen molar-refractivity contribution >= 4 is 5.57 Å². The minimum absolute atomic E-state index is 0.656. The molecule has 0 aliphatic carbocycles. The Balaban J connectivity index is 3.28. The van der Waals surface area contributed by atoms with E-state index in [-0.39, 0.29) is 0 Å². The highest BCUT2D eigenvalue weighted by Gasteiger charge is 2.00. The van der Waals surface area contributed by atoms with Gasteiger partial charge in [0.25, 0.3) is 0 Å². The van der Waals surface area contributed by atoms with Gasteiger partial charge in [0.15, 0.2) is 0 Å². The Morgan fingerprint density at radius 2 is 2.23 bits per heavy atom. The highest BCUT2D eigenvalue weighted by atomic mass is 14.2. The van der Waals surface area contributed by atoms with Crippen LogP contribution in [-0.4, -0.2) is 0 Å². The number of aryl methyl sites for hydroxylation is 1. The second-order valence-electron chi connectivity index (χ2n) is 2.87.